The molecule has 5 heteroatoms. The molecule has 1 aromatic carbocycles. The van der Waals surface area contributed by atoms with E-state index in [0.29, 0.717) is 5.92 Å². The van der Waals surface area contributed by atoms with E-state index in [1.807, 2.05) is 18.2 Å². The van der Waals surface area contributed by atoms with Gasteiger partial charge in [-0.3, -0.25) is 4.79 Å². The van der Waals surface area contributed by atoms with Crippen LogP contribution in [0.5, 0.6) is 5.75 Å². The van der Waals surface area contributed by atoms with Gasteiger partial charge < -0.3 is 20.3 Å². The summed E-state index contributed by atoms with van der Waals surface area (Å²) in [5, 5.41) is 6.35. The van der Waals surface area contributed by atoms with Crippen molar-refractivity contribution < 1.29 is 9.53 Å². The van der Waals surface area contributed by atoms with Crippen molar-refractivity contribution in [2.24, 2.45) is 5.92 Å². The summed E-state index contributed by atoms with van der Waals surface area (Å²) in [4.78, 5) is 14.4. The first-order chi connectivity index (χ1) is 10.8. The summed E-state index contributed by atoms with van der Waals surface area (Å²) in [6.07, 6.45) is 3.17. The Hall–Kier alpha value is -1.75. The topological polar surface area (TPSA) is 53.6 Å². The Morgan fingerprint density at radius 1 is 1.41 bits per heavy atom. The summed E-state index contributed by atoms with van der Waals surface area (Å²) >= 11 is 0. The number of ether oxygens (including phenoxy) is 1. The highest BCUT2D eigenvalue weighted by Crippen LogP contribution is 2.31. The molecule has 0 radical (unpaired) electrons. The van der Waals surface area contributed by atoms with Crippen LogP contribution in [0.25, 0.3) is 0 Å². The van der Waals surface area contributed by atoms with Crippen molar-refractivity contribution in [3.05, 3.63) is 24.3 Å². The minimum atomic E-state index is 0.0201. The van der Waals surface area contributed by atoms with Gasteiger partial charge in [0, 0.05) is 19.6 Å². The number of para-hydroxylation sites is 2. The number of hydrogen-bond acceptors (Lipinski definition) is 4. The zero-order valence-corrected chi connectivity index (χ0v) is 13.2. The molecule has 2 N–H and O–H groups in total. The van der Waals surface area contributed by atoms with Crippen LogP contribution in [0.2, 0.25) is 0 Å². The molecule has 2 atom stereocenters. The lowest BCUT2D eigenvalue weighted by molar-refractivity contribution is -0.122. The summed E-state index contributed by atoms with van der Waals surface area (Å²) in [6.45, 7) is 3.72. The van der Waals surface area contributed by atoms with Crippen LogP contribution >= 0.6 is 0 Å². The quantitative estimate of drug-likeness (QED) is 0.863. The summed E-state index contributed by atoms with van der Waals surface area (Å²) < 4.78 is 5.44. The van der Waals surface area contributed by atoms with Crippen molar-refractivity contribution in [3.8, 4) is 5.75 Å². The first-order valence-electron chi connectivity index (χ1n) is 8.17. The van der Waals surface area contributed by atoms with Gasteiger partial charge in [-0.25, -0.2) is 0 Å². The SMILES string of the molecule is COc1ccccc1N1CCC(CNC(=O)[C@@H]2CCCN2)C1. The van der Waals surface area contributed by atoms with E-state index in [-0.39, 0.29) is 11.9 Å². The predicted molar refractivity (Wildman–Crippen MR) is 87.3 cm³/mol. The zero-order chi connectivity index (χ0) is 15.4. The molecule has 22 heavy (non-hydrogen) atoms. The molecular weight excluding hydrogens is 278 g/mol. The van der Waals surface area contributed by atoms with Gasteiger partial charge in [-0.05, 0) is 43.9 Å². The molecule has 120 valence electrons. The number of amides is 1. The molecule has 5 nitrogen and oxygen atoms in total. The monoisotopic (exact) mass is 303 g/mol. The minimum absolute atomic E-state index is 0.0201. The van der Waals surface area contributed by atoms with Gasteiger partial charge in [0.05, 0.1) is 18.8 Å². The van der Waals surface area contributed by atoms with Crippen molar-refractivity contribution in [2.45, 2.75) is 25.3 Å². The Kier molecular flexibility index (Phi) is 4.83. The average molecular weight is 303 g/mol. The maximum atomic E-state index is 12.0. The van der Waals surface area contributed by atoms with Crippen LogP contribution in [-0.4, -0.2) is 45.2 Å². The van der Waals surface area contributed by atoms with Crippen LogP contribution in [0.15, 0.2) is 24.3 Å². The van der Waals surface area contributed by atoms with E-state index < -0.39 is 0 Å². The van der Waals surface area contributed by atoms with E-state index in [2.05, 4.69) is 21.6 Å². The van der Waals surface area contributed by atoms with Crippen molar-refractivity contribution in [3.63, 3.8) is 0 Å². The number of hydrogen-bond donors (Lipinski definition) is 2. The third-order valence-electron chi connectivity index (χ3n) is 4.65. The molecule has 1 amide bonds. The molecule has 2 fully saturated rings. The number of nitrogens with zero attached hydrogens (tertiary/aromatic N) is 1. The number of nitrogens with one attached hydrogen (secondary N) is 2. The van der Waals surface area contributed by atoms with Crippen LogP contribution in [0.1, 0.15) is 19.3 Å². The Labute approximate surface area is 132 Å². The lowest BCUT2D eigenvalue weighted by Gasteiger charge is -2.21. The molecule has 2 heterocycles. The molecule has 2 saturated heterocycles. The van der Waals surface area contributed by atoms with E-state index in [1.54, 1.807) is 7.11 Å². The standard InChI is InChI=1S/C17H25N3O2/c1-22-16-7-3-2-6-15(16)20-10-8-13(12-20)11-19-17(21)14-5-4-9-18-14/h2-3,6-7,13-14,18H,4-5,8-12H2,1H3,(H,19,21)/t13?,14-/m0/s1. The fourth-order valence-corrected chi connectivity index (χ4v) is 3.39. The molecule has 0 bridgehead atoms. The third kappa shape index (κ3) is 3.35. The number of benzene rings is 1. The second-order valence-electron chi connectivity index (χ2n) is 6.17. The van der Waals surface area contributed by atoms with E-state index in [0.717, 1.165) is 56.9 Å². The van der Waals surface area contributed by atoms with Crippen LogP contribution in [0.4, 0.5) is 5.69 Å². The van der Waals surface area contributed by atoms with Gasteiger partial charge in [-0.2, -0.15) is 0 Å². The highest BCUT2D eigenvalue weighted by molar-refractivity contribution is 5.82. The van der Waals surface area contributed by atoms with Gasteiger partial charge in [0.15, 0.2) is 0 Å². The lowest BCUT2D eigenvalue weighted by atomic mass is 10.1. The molecule has 0 aromatic heterocycles. The number of rotatable bonds is 5. The second kappa shape index (κ2) is 7.01. The Balaban J connectivity index is 1.50. The third-order valence-corrected chi connectivity index (χ3v) is 4.65. The first-order valence-corrected chi connectivity index (χ1v) is 8.17. The van der Waals surface area contributed by atoms with Crippen molar-refractivity contribution in [1.29, 1.82) is 0 Å². The lowest BCUT2D eigenvalue weighted by Crippen LogP contribution is -2.42. The number of anilines is 1. The van der Waals surface area contributed by atoms with Gasteiger partial charge in [-0.1, -0.05) is 12.1 Å². The first kappa shape index (κ1) is 15.2. The van der Waals surface area contributed by atoms with Crippen LogP contribution in [-0.2, 0) is 4.79 Å². The summed E-state index contributed by atoms with van der Waals surface area (Å²) in [7, 11) is 1.71. The van der Waals surface area contributed by atoms with E-state index in [1.165, 1.54) is 0 Å². The molecule has 0 aliphatic carbocycles. The molecule has 1 unspecified atom stereocenters. The Bertz CT molecular complexity index is 514. The molecule has 1 aromatic rings. The van der Waals surface area contributed by atoms with Crippen molar-refractivity contribution in [1.82, 2.24) is 10.6 Å². The number of carbonyl (C=O) groups is 1. The van der Waals surface area contributed by atoms with Gasteiger partial charge >= 0.3 is 0 Å². The summed E-state index contributed by atoms with van der Waals surface area (Å²) in [5.41, 5.74) is 1.15. The van der Waals surface area contributed by atoms with E-state index in [4.69, 9.17) is 4.74 Å². The fraction of sp³-hybridized carbons (Fsp3) is 0.588. The molecule has 0 saturated carbocycles. The Morgan fingerprint density at radius 2 is 2.27 bits per heavy atom. The minimum Gasteiger partial charge on any atom is -0.495 e. The highest BCUT2D eigenvalue weighted by atomic mass is 16.5. The van der Waals surface area contributed by atoms with Crippen LogP contribution < -0.4 is 20.3 Å². The maximum absolute atomic E-state index is 12.0. The van der Waals surface area contributed by atoms with Gasteiger partial charge in [0.2, 0.25) is 5.91 Å². The summed E-state index contributed by atoms with van der Waals surface area (Å²) in [6, 6.07) is 8.15. The van der Waals surface area contributed by atoms with Gasteiger partial charge in [-0.15, -0.1) is 0 Å². The number of carbonyl (C=O) groups excluding carboxylic acids is 1. The smallest absolute Gasteiger partial charge is 0.237 e. The maximum Gasteiger partial charge on any atom is 0.237 e. The van der Waals surface area contributed by atoms with Crippen LogP contribution in [0.3, 0.4) is 0 Å². The zero-order valence-electron chi connectivity index (χ0n) is 13.2. The largest absolute Gasteiger partial charge is 0.495 e. The Morgan fingerprint density at radius 3 is 3.05 bits per heavy atom. The van der Waals surface area contributed by atoms with E-state index in [9.17, 15) is 4.79 Å². The average Bonchev–Trinajstić information content (AvgIpc) is 3.24. The summed E-state index contributed by atoms with van der Waals surface area (Å²) in [5.74, 6) is 1.59. The normalized spacial score (nSPS) is 24.5. The van der Waals surface area contributed by atoms with Gasteiger partial charge in [0.25, 0.3) is 0 Å². The van der Waals surface area contributed by atoms with Gasteiger partial charge in [0.1, 0.15) is 5.75 Å². The van der Waals surface area contributed by atoms with Crippen molar-refractivity contribution >= 4 is 11.6 Å². The molecular formula is C17H25N3O2. The molecule has 3 rings (SSSR count). The second-order valence-corrected chi connectivity index (χ2v) is 6.17. The predicted octanol–water partition coefficient (Wildman–Crippen LogP) is 1.39. The molecule has 2 aliphatic heterocycles. The fourth-order valence-electron chi connectivity index (χ4n) is 3.39. The van der Waals surface area contributed by atoms with E-state index >= 15 is 0 Å². The highest BCUT2D eigenvalue weighted by Gasteiger charge is 2.27. The van der Waals surface area contributed by atoms with Crippen LogP contribution in [0, 0.1) is 5.92 Å². The molecule has 2 aliphatic rings. The van der Waals surface area contributed by atoms with Crippen molar-refractivity contribution in [2.75, 3.05) is 38.2 Å². The number of methoxy groups -OCH3 is 1. The molecule has 0 spiro atoms.